The fourth-order valence-electron chi connectivity index (χ4n) is 2.14. The van der Waals surface area contributed by atoms with Gasteiger partial charge in [-0.2, -0.15) is 0 Å². The summed E-state index contributed by atoms with van der Waals surface area (Å²) in [5.74, 6) is -0.922. The Morgan fingerprint density at radius 1 is 0.727 bits per heavy atom. The molecule has 0 aromatic carbocycles. The third-order valence-electron chi connectivity index (χ3n) is 3.40. The van der Waals surface area contributed by atoms with Crippen molar-refractivity contribution >= 4 is 5.97 Å². The van der Waals surface area contributed by atoms with Gasteiger partial charge < -0.3 is 5.11 Å². The maximum Gasteiger partial charge on any atom is 0.328 e. The highest BCUT2D eigenvalue weighted by Gasteiger charge is 1.90. The molecule has 0 saturated heterocycles. The van der Waals surface area contributed by atoms with Crippen LogP contribution in [0, 0.1) is 0 Å². The SMILES string of the molecule is CCCCCCCCCCC/C=C/C=C/C=C\C=C/C(=O)O. The fourth-order valence-corrected chi connectivity index (χ4v) is 2.14. The lowest BCUT2D eigenvalue weighted by Gasteiger charge is -2.00. The molecule has 0 atom stereocenters. The van der Waals surface area contributed by atoms with Crippen LogP contribution >= 0.6 is 0 Å². The Bertz CT molecular complexity index is 362. The Balaban J connectivity index is 3.35. The largest absolute Gasteiger partial charge is 0.478 e. The van der Waals surface area contributed by atoms with Gasteiger partial charge in [-0.3, -0.25) is 0 Å². The normalized spacial score (nSPS) is 12.4. The first-order valence-corrected chi connectivity index (χ1v) is 8.67. The number of allylic oxidation sites excluding steroid dienone is 7. The number of hydrogen-bond acceptors (Lipinski definition) is 1. The minimum atomic E-state index is -0.922. The summed E-state index contributed by atoms with van der Waals surface area (Å²) in [5, 5.41) is 8.39. The first kappa shape index (κ1) is 20.4. The lowest BCUT2D eigenvalue weighted by Crippen LogP contribution is -1.84. The Labute approximate surface area is 136 Å². The molecular weight excluding hydrogens is 272 g/mol. The molecule has 0 amide bonds. The van der Waals surface area contributed by atoms with Crippen LogP contribution in [-0.2, 0) is 4.79 Å². The van der Waals surface area contributed by atoms with E-state index < -0.39 is 5.97 Å². The smallest absolute Gasteiger partial charge is 0.328 e. The summed E-state index contributed by atoms with van der Waals surface area (Å²) in [6.45, 7) is 2.26. The molecule has 0 aliphatic heterocycles. The van der Waals surface area contributed by atoms with E-state index in [-0.39, 0.29) is 0 Å². The van der Waals surface area contributed by atoms with Crippen LogP contribution in [0.3, 0.4) is 0 Å². The predicted molar refractivity (Wildman–Crippen MR) is 96.0 cm³/mol. The molecule has 0 bridgehead atoms. The predicted octanol–water partition coefficient (Wildman–Crippen LogP) is 6.22. The molecule has 0 spiro atoms. The maximum absolute atomic E-state index is 10.2. The van der Waals surface area contributed by atoms with Gasteiger partial charge in [0.15, 0.2) is 0 Å². The van der Waals surface area contributed by atoms with E-state index in [1.807, 2.05) is 18.2 Å². The standard InChI is InChI=1S/C20H32O2/c1-2-3-4-5-6-7-8-9-10-11-12-13-14-15-16-17-18-19-20(21)22/h12-19H,2-11H2,1H3,(H,21,22)/b13-12+,15-14+,17-16-,19-18-. The van der Waals surface area contributed by atoms with Crippen LogP contribution < -0.4 is 0 Å². The van der Waals surface area contributed by atoms with Gasteiger partial charge >= 0.3 is 5.97 Å². The quantitative estimate of drug-likeness (QED) is 0.235. The summed E-state index contributed by atoms with van der Waals surface area (Å²) in [7, 11) is 0. The van der Waals surface area contributed by atoms with E-state index in [0.717, 1.165) is 12.5 Å². The van der Waals surface area contributed by atoms with Gasteiger partial charge in [0.05, 0.1) is 0 Å². The van der Waals surface area contributed by atoms with E-state index >= 15 is 0 Å². The van der Waals surface area contributed by atoms with E-state index in [2.05, 4.69) is 19.1 Å². The van der Waals surface area contributed by atoms with Crippen molar-refractivity contribution in [2.75, 3.05) is 0 Å². The number of rotatable bonds is 14. The molecule has 0 rings (SSSR count). The van der Waals surface area contributed by atoms with Crippen LogP contribution in [-0.4, -0.2) is 11.1 Å². The Morgan fingerprint density at radius 3 is 1.82 bits per heavy atom. The van der Waals surface area contributed by atoms with Gasteiger partial charge in [0.2, 0.25) is 0 Å². The van der Waals surface area contributed by atoms with Crippen molar-refractivity contribution in [1.29, 1.82) is 0 Å². The molecule has 0 unspecified atom stereocenters. The molecule has 2 heteroatoms. The minimum absolute atomic E-state index is 0.922. The second-order valence-corrected chi connectivity index (χ2v) is 5.51. The van der Waals surface area contributed by atoms with Crippen molar-refractivity contribution in [2.24, 2.45) is 0 Å². The van der Waals surface area contributed by atoms with Crippen molar-refractivity contribution in [3.63, 3.8) is 0 Å². The summed E-state index contributed by atoms with van der Waals surface area (Å²) in [6.07, 6.45) is 27.7. The highest BCUT2D eigenvalue weighted by Crippen LogP contribution is 2.10. The van der Waals surface area contributed by atoms with Crippen LogP contribution in [0.25, 0.3) is 0 Å². The van der Waals surface area contributed by atoms with Crippen LogP contribution in [0.5, 0.6) is 0 Å². The number of hydrogen-bond donors (Lipinski definition) is 1. The van der Waals surface area contributed by atoms with Crippen molar-refractivity contribution < 1.29 is 9.90 Å². The van der Waals surface area contributed by atoms with Crippen LogP contribution in [0.15, 0.2) is 48.6 Å². The molecule has 0 fully saturated rings. The molecule has 0 heterocycles. The van der Waals surface area contributed by atoms with Gasteiger partial charge in [-0.05, 0) is 12.8 Å². The molecule has 22 heavy (non-hydrogen) atoms. The third-order valence-corrected chi connectivity index (χ3v) is 3.40. The summed E-state index contributed by atoms with van der Waals surface area (Å²) in [4.78, 5) is 10.2. The molecule has 0 aromatic rings. The summed E-state index contributed by atoms with van der Waals surface area (Å²) in [6, 6.07) is 0. The summed E-state index contributed by atoms with van der Waals surface area (Å²) >= 11 is 0. The molecule has 0 aliphatic carbocycles. The number of carboxylic acids is 1. The monoisotopic (exact) mass is 304 g/mol. The first-order valence-electron chi connectivity index (χ1n) is 8.67. The number of unbranched alkanes of at least 4 members (excludes halogenated alkanes) is 9. The summed E-state index contributed by atoms with van der Waals surface area (Å²) < 4.78 is 0. The molecule has 0 aliphatic rings. The van der Waals surface area contributed by atoms with E-state index in [1.165, 1.54) is 63.9 Å². The van der Waals surface area contributed by atoms with Crippen molar-refractivity contribution in [1.82, 2.24) is 0 Å². The number of aliphatic carboxylic acids is 1. The van der Waals surface area contributed by atoms with Crippen molar-refractivity contribution in [3.05, 3.63) is 48.6 Å². The van der Waals surface area contributed by atoms with Gasteiger partial charge in [0.25, 0.3) is 0 Å². The Morgan fingerprint density at radius 2 is 1.23 bits per heavy atom. The van der Waals surface area contributed by atoms with Crippen LogP contribution in [0.1, 0.15) is 71.1 Å². The molecule has 2 nitrogen and oxygen atoms in total. The van der Waals surface area contributed by atoms with Gasteiger partial charge in [0.1, 0.15) is 0 Å². The highest BCUT2D eigenvalue weighted by atomic mass is 16.4. The molecule has 0 aromatic heterocycles. The average Bonchev–Trinajstić information content (AvgIpc) is 2.50. The van der Waals surface area contributed by atoms with Gasteiger partial charge in [-0.1, -0.05) is 101 Å². The zero-order chi connectivity index (χ0) is 16.3. The second kappa shape index (κ2) is 17.5. The zero-order valence-corrected chi connectivity index (χ0v) is 14.0. The molecule has 0 saturated carbocycles. The van der Waals surface area contributed by atoms with Crippen LogP contribution in [0.2, 0.25) is 0 Å². The van der Waals surface area contributed by atoms with E-state index in [0.29, 0.717) is 0 Å². The number of carbonyl (C=O) groups is 1. The number of carboxylic acid groups (broad SMARTS) is 1. The third kappa shape index (κ3) is 18.4. The topological polar surface area (TPSA) is 37.3 Å². The Hall–Kier alpha value is -1.57. The van der Waals surface area contributed by atoms with Crippen molar-refractivity contribution in [2.45, 2.75) is 71.1 Å². The lowest BCUT2D eigenvalue weighted by molar-refractivity contribution is -0.131. The highest BCUT2D eigenvalue weighted by molar-refractivity contribution is 5.80. The van der Waals surface area contributed by atoms with Gasteiger partial charge in [-0.15, -0.1) is 0 Å². The van der Waals surface area contributed by atoms with Gasteiger partial charge in [-0.25, -0.2) is 4.79 Å². The first-order chi connectivity index (χ1) is 10.8. The molecule has 0 radical (unpaired) electrons. The second-order valence-electron chi connectivity index (χ2n) is 5.51. The maximum atomic E-state index is 10.2. The van der Waals surface area contributed by atoms with Crippen LogP contribution in [0.4, 0.5) is 0 Å². The van der Waals surface area contributed by atoms with Crippen molar-refractivity contribution in [3.8, 4) is 0 Å². The fraction of sp³-hybridized carbons (Fsp3) is 0.550. The molecular formula is C20H32O2. The minimum Gasteiger partial charge on any atom is -0.478 e. The molecule has 1 N–H and O–H groups in total. The van der Waals surface area contributed by atoms with Gasteiger partial charge in [0, 0.05) is 6.08 Å². The van der Waals surface area contributed by atoms with E-state index in [4.69, 9.17) is 5.11 Å². The van der Waals surface area contributed by atoms with E-state index in [9.17, 15) is 4.79 Å². The zero-order valence-electron chi connectivity index (χ0n) is 14.0. The average molecular weight is 304 g/mol. The molecule has 124 valence electrons. The Kier molecular flexibility index (Phi) is 16.2. The van der Waals surface area contributed by atoms with E-state index in [1.54, 1.807) is 6.08 Å². The lowest BCUT2D eigenvalue weighted by atomic mass is 10.1. The summed E-state index contributed by atoms with van der Waals surface area (Å²) in [5.41, 5.74) is 0.